The molecule has 5 nitrogen and oxygen atoms in total. The van der Waals surface area contributed by atoms with Crippen LogP contribution in [-0.2, 0) is 5.75 Å². The van der Waals surface area contributed by atoms with E-state index in [2.05, 4.69) is 23.9 Å². The van der Waals surface area contributed by atoms with Crippen molar-refractivity contribution >= 4 is 17.7 Å². The SMILES string of the molecule is CCN(CC)CCSCc1cc(C(=O)O)no1. The predicted octanol–water partition coefficient (Wildman–Crippen LogP) is 1.95. The van der Waals surface area contributed by atoms with Gasteiger partial charge in [0.2, 0.25) is 0 Å². The number of aromatic carboxylic acids is 1. The van der Waals surface area contributed by atoms with Crippen LogP contribution in [0.1, 0.15) is 30.1 Å². The Balaban J connectivity index is 2.24. The van der Waals surface area contributed by atoms with E-state index in [-0.39, 0.29) is 5.69 Å². The molecular weight excluding hydrogens is 240 g/mol. The first kappa shape index (κ1) is 14.1. The van der Waals surface area contributed by atoms with Crippen molar-refractivity contribution in [1.29, 1.82) is 0 Å². The molecule has 0 aromatic carbocycles. The van der Waals surface area contributed by atoms with Crippen LogP contribution < -0.4 is 0 Å². The summed E-state index contributed by atoms with van der Waals surface area (Å²) in [5.41, 5.74) is -0.0238. The van der Waals surface area contributed by atoms with Gasteiger partial charge in [0.05, 0.1) is 5.75 Å². The lowest BCUT2D eigenvalue weighted by molar-refractivity contribution is 0.0685. The van der Waals surface area contributed by atoms with E-state index >= 15 is 0 Å². The number of hydrogen-bond donors (Lipinski definition) is 1. The zero-order chi connectivity index (χ0) is 12.7. The van der Waals surface area contributed by atoms with E-state index in [0.29, 0.717) is 11.5 Å². The molecule has 0 saturated carbocycles. The molecule has 0 unspecified atom stereocenters. The van der Waals surface area contributed by atoms with Gasteiger partial charge in [0.1, 0.15) is 5.76 Å². The number of nitrogens with zero attached hydrogens (tertiary/aromatic N) is 2. The maximum Gasteiger partial charge on any atom is 0.358 e. The third kappa shape index (κ3) is 4.79. The minimum atomic E-state index is -1.05. The van der Waals surface area contributed by atoms with Crippen molar-refractivity contribution in [2.75, 3.05) is 25.4 Å². The van der Waals surface area contributed by atoms with Crippen LogP contribution in [0.4, 0.5) is 0 Å². The van der Waals surface area contributed by atoms with Gasteiger partial charge in [-0.1, -0.05) is 19.0 Å². The number of rotatable bonds is 8. The molecule has 0 aliphatic carbocycles. The van der Waals surface area contributed by atoms with Crippen LogP contribution in [0.2, 0.25) is 0 Å². The maximum absolute atomic E-state index is 10.6. The maximum atomic E-state index is 10.6. The molecule has 0 fully saturated rings. The van der Waals surface area contributed by atoms with Gasteiger partial charge in [-0.2, -0.15) is 11.8 Å². The first-order valence-corrected chi connectivity index (χ1v) is 6.81. The molecule has 1 rings (SSSR count). The molecule has 1 aromatic heterocycles. The van der Waals surface area contributed by atoms with E-state index in [0.717, 1.165) is 25.4 Å². The number of carboxylic acids is 1. The predicted molar refractivity (Wildman–Crippen MR) is 67.4 cm³/mol. The summed E-state index contributed by atoms with van der Waals surface area (Å²) in [6, 6.07) is 1.48. The fourth-order valence-electron chi connectivity index (χ4n) is 1.39. The Bertz CT molecular complexity index is 350. The fourth-order valence-corrected chi connectivity index (χ4v) is 2.26. The largest absolute Gasteiger partial charge is 0.476 e. The Labute approximate surface area is 105 Å². The summed E-state index contributed by atoms with van der Waals surface area (Å²) in [6.45, 7) is 7.44. The normalized spacial score (nSPS) is 11.0. The lowest BCUT2D eigenvalue weighted by Crippen LogP contribution is -2.25. The second-order valence-corrected chi connectivity index (χ2v) is 4.67. The summed E-state index contributed by atoms with van der Waals surface area (Å²) < 4.78 is 4.92. The van der Waals surface area contributed by atoms with Gasteiger partial charge in [0, 0.05) is 18.4 Å². The third-order valence-corrected chi connectivity index (χ3v) is 3.43. The summed E-state index contributed by atoms with van der Waals surface area (Å²) in [7, 11) is 0. The lowest BCUT2D eigenvalue weighted by Gasteiger charge is -2.16. The molecule has 0 spiro atoms. The van der Waals surface area contributed by atoms with Gasteiger partial charge < -0.3 is 14.5 Å². The van der Waals surface area contributed by atoms with Crippen LogP contribution in [0.25, 0.3) is 0 Å². The molecule has 0 saturated heterocycles. The molecule has 0 amide bonds. The van der Waals surface area contributed by atoms with Crippen molar-refractivity contribution in [2.45, 2.75) is 19.6 Å². The van der Waals surface area contributed by atoms with Gasteiger partial charge in [-0.25, -0.2) is 4.79 Å². The summed E-state index contributed by atoms with van der Waals surface area (Å²) in [5, 5.41) is 12.1. The Kier molecular flexibility index (Phi) is 6.07. The van der Waals surface area contributed by atoms with E-state index in [1.54, 1.807) is 11.8 Å². The summed E-state index contributed by atoms with van der Waals surface area (Å²) >= 11 is 1.72. The number of thioether (sulfide) groups is 1. The zero-order valence-electron chi connectivity index (χ0n) is 10.2. The monoisotopic (exact) mass is 258 g/mol. The standard InChI is InChI=1S/C11H18N2O3S/c1-3-13(4-2)5-6-17-8-9-7-10(11(14)15)12-16-9/h7H,3-6,8H2,1-2H3,(H,14,15). The topological polar surface area (TPSA) is 66.6 Å². The van der Waals surface area contributed by atoms with E-state index < -0.39 is 5.97 Å². The van der Waals surface area contributed by atoms with Crippen LogP contribution in [0, 0.1) is 0 Å². The Morgan fingerprint density at radius 1 is 1.53 bits per heavy atom. The first-order valence-electron chi connectivity index (χ1n) is 5.66. The molecule has 1 N–H and O–H groups in total. The van der Waals surface area contributed by atoms with E-state index in [9.17, 15) is 4.79 Å². The number of carboxylic acid groups (broad SMARTS) is 1. The van der Waals surface area contributed by atoms with Crippen LogP contribution in [-0.4, -0.2) is 46.5 Å². The molecule has 17 heavy (non-hydrogen) atoms. The summed E-state index contributed by atoms with van der Waals surface area (Å²) in [4.78, 5) is 12.9. The molecule has 6 heteroatoms. The van der Waals surface area contributed by atoms with Gasteiger partial charge in [0.25, 0.3) is 0 Å². The van der Waals surface area contributed by atoms with Crippen LogP contribution in [0.15, 0.2) is 10.6 Å². The highest BCUT2D eigenvalue weighted by molar-refractivity contribution is 7.98. The van der Waals surface area contributed by atoms with Gasteiger partial charge in [-0.05, 0) is 13.1 Å². The Morgan fingerprint density at radius 3 is 2.76 bits per heavy atom. The highest BCUT2D eigenvalue weighted by Gasteiger charge is 2.10. The van der Waals surface area contributed by atoms with Gasteiger partial charge in [0.15, 0.2) is 5.69 Å². The van der Waals surface area contributed by atoms with Crippen molar-refractivity contribution in [1.82, 2.24) is 10.1 Å². The average Bonchev–Trinajstić information content (AvgIpc) is 2.78. The molecule has 0 radical (unpaired) electrons. The molecule has 0 atom stereocenters. The summed E-state index contributed by atoms with van der Waals surface area (Å²) in [5.74, 6) is 1.24. The van der Waals surface area contributed by atoms with Crippen molar-refractivity contribution in [3.63, 3.8) is 0 Å². The van der Waals surface area contributed by atoms with Gasteiger partial charge in [-0.3, -0.25) is 0 Å². The second-order valence-electron chi connectivity index (χ2n) is 3.56. The molecular formula is C11H18N2O3S. The number of hydrogen-bond acceptors (Lipinski definition) is 5. The molecule has 0 aliphatic rings. The number of carbonyl (C=O) groups is 1. The number of aromatic nitrogens is 1. The van der Waals surface area contributed by atoms with Crippen molar-refractivity contribution in [2.24, 2.45) is 0 Å². The molecule has 0 bridgehead atoms. The molecule has 1 heterocycles. The van der Waals surface area contributed by atoms with Gasteiger partial charge in [-0.15, -0.1) is 0 Å². The lowest BCUT2D eigenvalue weighted by atomic mass is 10.4. The van der Waals surface area contributed by atoms with E-state index in [4.69, 9.17) is 9.63 Å². The minimum absolute atomic E-state index is 0.0238. The smallest absolute Gasteiger partial charge is 0.358 e. The fraction of sp³-hybridized carbons (Fsp3) is 0.636. The van der Waals surface area contributed by atoms with Crippen LogP contribution in [0.3, 0.4) is 0 Å². The van der Waals surface area contributed by atoms with Crippen molar-refractivity contribution < 1.29 is 14.4 Å². The van der Waals surface area contributed by atoms with Crippen LogP contribution in [0.5, 0.6) is 0 Å². The Morgan fingerprint density at radius 2 is 2.24 bits per heavy atom. The molecule has 96 valence electrons. The van der Waals surface area contributed by atoms with Gasteiger partial charge >= 0.3 is 5.97 Å². The molecule has 0 aliphatic heterocycles. The highest BCUT2D eigenvalue weighted by atomic mass is 32.2. The quantitative estimate of drug-likeness (QED) is 0.719. The minimum Gasteiger partial charge on any atom is -0.476 e. The van der Waals surface area contributed by atoms with Crippen LogP contribution >= 0.6 is 11.8 Å². The highest BCUT2D eigenvalue weighted by Crippen LogP contribution is 2.13. The second kappa shape index (κ2) is 7.34. The van der Waals surface area contributed by atoms with Crippen molar-refractivity contribution in [3.05, 3.63) is 17.5 Å². The Hall–Kier alpha value is -1.01. The molecule has 1 aromatic rings. The third-order valence-electron chi connectivity index (χ3n) is 2.47. The average molecular weight is 258 g/mol. The van der Waals surface area contributed by atoms with E-state index in [1.807, 2.05) is 0 Å². The zero-order valence-corrected chi connectivity index (χ0v) is 11.0. The van der Waals surface area contributed by atoms with E-state index in [1.165, 1.54) is 6.07 Å². The van der Waals surface area contributed by atoms with Crippen molar-refractivity contribution in [3.8, 4) is 0 Å². The summed E-state index contributed by atoms with van der Waals surface area (Å²) in [6.07, 6.45) is 0. The first-order chi connectivity index (χ1) is 8.17.